The average molecular weight is 252 g/mol. The summed E-state index contributed by atoms with van der Waals surface area (Å²) in [7, 11) is 1.61. The molecule has 0 aliphatic heterocycles. The van der Waals surface area contributed by atoms with E-state index in [0.717, 1.165) is 5.56 Å². The number of H-pyrrole nitrogens is 1. The Morgan fingerprint density at radius 1 is 1.16 bits per heavy atom. The number of ether oxygens (including phenoxy) is 1. The number of rotatable bonds is 2. The van der Waals surface area contributed by atoms with E-state index < -0.39 is 0 Å². The van der Waals surface area contributed by atoms with Crippen molar-refractivity contribution in [3.63, 3.8) is 0 Å². The van der Waals surface area contributed by atoms with E-state index in [4.69, 9.17) is 4.74 Å². The molecule has 0 spiro atoms. The summed E-state index contributed by atoms with van der Waals surface area (Å²) in [6, 6.07) is 12.6. The molecule has 0 fully saturated rings. The van der Waals surface area contributed by atoms with Crippen LogP contribution < -0.4 is 10.2 Å². The van der Waals surface area contributed by atoms with Crippen molar-refractivity contribution in [3.05, 3.63) is 58.9 Å². The second-order valence-corrected chi connectivity index (χ2v) is 4.15. The zero-order valence-corrected chi connectivity index (χ0v) is 10.4. The molecule has 1 N–H and O–H groups in total. The highest BCUT2D eigenvalue weighted by molar-refractivity contribution is 5.79. The lowest BCUT2D eigenvalue weighted by Crippen LogP contribution is -2.04. The van der Waals surface area contributed by atoms with E-state index >= 15 is 0 Å². The molecule has 0 saturated heterocycles. The molecule has 2 aromatic heterocycles. The SMILES string of the molecule is COc1ccccc1-c1cc(=O)c2cccnc2[nH]1. The van der Waals surface area contributed by atoms with Crippen molar-refractivity contribution < 1.29 is 4.74 Å². The molecule has 4 nitrogen and oxygen atoms in total. The first kappa shape index (κ1) is 11.5. The fraction of sp³-hybridized carbons (Fsp3) is 0.0667. The maximum absolute atomic E-state index is 12.1. The predicted octanol–water partition coefficient (Wildman–Crippen LogP) is 2.60. The summed E-state index contributed by atoms with van der Waals surface area (Å²) in [6.07, 6.45) is 1.66. The van der Waals surface area contributed by atoms with Gasteiger partial charge in [0, 0.05) is 17.8 Å². The molecule has 0 unspecified atom stereocenters. The molecule has 0 amide bonds. The fourth-order valence-corrected chi connectivity index (χ4v) is 2.09. The molecule has 0 radical (unpaired) electrons. The Balaban J connectivity index is 2.29. The summed E-state index contributed by atoms with van der Waals surface area (Å²) in [6.45, 7) is 0. The third kappa shape index (κ3) is 1.97. The second-order valence-electron chi connectivity index (χ2n) is 4.15. The lowest BCUT2D eigenvalue weighted by Gasteiger charge is -2.08. The zero-order chi connectivity index (χ0) is 13.2. The maximum atomic E-state index is 12.1. The van der Waals surface area contributed by atoms with E-state index in [1.54, 1.807) is 31.5 Å². The van der Waals surface area contributed by atoms with Gasteiger partial charge < -0.3 is 9.72 Å². The standard InChI is InChI=1S/C15H12N2O2/c1-19-14-7-3-2-5-10(14)12-9-13(18)11-6-4-8-16-15(11)17-12/h2-9H,1H3,(H,16,17,18). The third-order valence-corrected chi connectivity index (χ3v) is 3.00. The van der Waals surface area contributed by atoms with Gasteiger partial charge in [-0.15, -0.1) is 0 Å². The summed E-state index contributed by atoms with van der Waals surface area (Å²) in [5.41, 5.74) is 2.07. The molecule has 2 heterocycles. The topological polar surface area (TPSA) is 55.0 Å². The molecule has 0 aliphatic rings. The lowest BCUT2D eigenvalue weighted by molar-refractivity contribution is 0.416. The first-order valence-electron chi connectivity index (χ1n) is 5.91. The van der Waals surface area contributed by atoms with Crippen LogP contribution in [0.1, 0.15) is 0 Å². The smallest absolute Gasteiger partial charge is 0.191 e. The van der Waals surface area contributed by atoms with Gasteiger partial charge in [0.05, 0.1) is 18.2 Å². The zero-order valence-electron chi connectivity index (χ0n) is 10.4. The second kappa shape index (κ2) is 4.57. The number of aromatic amines is 1. The van der Waals surface area contributed by atoms with Crippen LogP contribution >= 0.6 is 0 Å². The van der Waals surface area contributed by atoms with Crippen LogP contribution in [-0.2, 0) is 0 Å². The molecular formula is C15H12N2O2. The van der Waals surface area contributed by atoms with Gasteiger partial charge in [-0.2, -0.15) is 0 Å². The van der Waals surface area contributed by atoms with Crippen molar-refractivity contribution in [2.45, 2.75) is 0 Å². The number of nitrogens with zero attached hydrogens (tertiary/aromatic N) is 1. The van der Waals surface area contributed by atoms with Crippen LogP contribution in [0.2, 0.25) is 0 Å². The van der Waals surface area contributed by atoms with E-state index in [0.29, 0.717) is 22.5 Å². The third-order valence-electron chi connectivity index (χ3n) is 3.00. The Morgan fingerprint density at radius 3 is 2.84 bits per heavy atom. The number of pyridine rings is 2. The molecular weight excluding hydrogens is 240 g/mol. The number of hydrogen-bond acceptors (Lipinski definition) is 3. The summed E-state index contributed by atoms with van der Waals surface area (Å²) >= 11 is 0. The van der Waals surface area contributed by atoms with Crippen LogP contribution in [0.15, 0.2) is 53.5 Å². The van der Waals surface area contributed by atoms with Gasteiger partial charge in [0.1, 0.15) is 11.4 Å². The Kier molecular flexibility index (Phi) is 2.76. The van der Waals surface area contributed by atoms with E-state index in [2.05, 4.69) is 9.97 Å². The van der Waals surface area contributed by atoms with Gasteiger partial charge in [-0.25, -0.2) is 4.98 Å². The molecule has 3 aromatic rings. The first-order valence-corrected chi connectivity index (χ1v) is 5.91. The highest BCUT2D eigenvalue weighted by Crippen LogP contribution is 2.27. The number of aromatic nitrogens is 2. The number of hydrogen-bond donors (Lipinski definition) is 1. The molecule has 1 aromatic carbocycles. The minimum Gasteiger partial charge on any atom is -0.496 e. The number of fused-ring (bicyclic) bond motifs is 1. The Morgan fingerprint density at radius 2 is 2.00 bits per heavy atom. The van der Waals surface area contributed by atoms with Gasteiger partial charge >= 0.3 is 0 Å². The van der Waals surface area contributed by atoms with Gasteiger partial charge in [0.15, 0.2) is 5.43 Å². The minimum absolute atomic E-state index is 0.0530. The normalized spacial score (nSPS) is 10.6. The maximum Gasteiger partial charge on any atom is 0.191 e. The number of nitrogens with one attached hydrogen (secondary N) is 1. The summed E-state index contributed by atoms with van der Waals surface area (Å²) < 4.78 is 5.31. The minimum atomic E-state index is -0.0530. The van der Waals surface area contributed by atoms with Crippen LogP contribution in [0.5, 0.6) is 5.75 Å². The summed E-state index contributed by atoms with van der Waals surface area (Å²) in [5.74, 6) is 0.716. The van der Waals surface area contributed by atoms with Crippen molar-refractivity contribution in [3.8, 4) is 17.0 Å². The van der Waals surface area contributed by atoms with Crippen molar-refractivity contribution in [1.82, 2.24) is 9.97 Å². The van der Waals surface area contributed by atoms with E-state index in [-0.39, 0.29) is 5.43 Å². The van der Waals surface area contributed by atoms with Crippen molar-refractivity contribution in [2.24, 2.45) is 0 Å². The lowest BCUT2D eigenvalue weighted by atomic mass is 10.1. The van der Waals surface area contributed by atoms with Gasteiger partial charge in [0.2, 0.25) is 0 Å². The molecule has 0 saturated carbocycles. The Hall–Kier alpha value is -2.62. The highest BCUT2D eigenvalue weighted by atomic mass is 16.5. The van der Waals surface area contributed by atoms with Crippen LogP contribution in [0, 0.1) is 0 Å². The quantitative estimate of drug-likeness (QED) is 0.762. The van der Waals surface area contributed by atoms with Crippen molar-refractivity contribution in [1.29, 1.82) is 0 Å². The van der Waals surface area contributed by atoms with Crippen LogP contribution in [0.3, 0.4) is 0 Å². The number of methoxy groups -OCH3 is 1. The number of para-hydroxylation sites is 1. The van der Waals surface area contributed by atoms with E-state index in [9.17, 15) is 4.79 Å². The van der Waals surface area contributed by atoms with Crippen LogP contribution in [0.4, 0.5) is 0 Å². The van der Waals surface area contributed by atoms with Gasteiger partial charge in [-0.3, -0.25) is 4.79 Å². The van der Waals surface area contributed by atoms with Gasteiger partial charge in [0.25, 0.3) is 0 Å². The predicted molar refractivity (Wildman–Crippen MR) is 74.4 cm³/mol. The summed E-state index contributed by atoms with van der Waals surface area (Å²) in [4.78, 5) is 19.4. The van der Waals surface area contributed by atoms with Crippen LogP contribution in [0.25, 0.3) is 22.3 Å². The molecule has 4 heteroatoms. The van der Waals surface area contributed by atoms with E-state index in [1.165, 1.54) is 0 Å². The Bertz CT molecular complexity index is 793. The van der Waals surface area contributed by atoms with Gasteiger partial charge in [-0.1, -0.05) is 12.1 Å². The number of benzene rings is 1. The fourth-order valence-electron chi connectivity index (χ4n) is 2.09. The largest absolute Gasteiger partial charge is 0.496 e. The average Bonchev–Trinajstić information content (AvgIpc) is 2.47. The molecule has 94 valence electrons. The molecule has 3 rings (SSSR count). The monoisotopic (exact) mass is 252 g/mol. The first-order chi connectivity index (χ1) is 9.29. The highest BCUT2D eigenvalue weighted by Gasteiger charge is 2.08. The molecule has 0 aliphatic carbocycles. The van der Waals surface area contributed by atoms with Crippen molar-refractivity contribution in [2.75, 3.05) is 7.11 Å². The molecule has 19 heavy (non-hydrogen) atoms. The van der Waals surface area contributed by atoms with Crippen LogP contribution in [-0.4, -0.2) is 17.1 Å². The molecule has 0 bridgehead atoms. The van der Waals surface area contributed by atoms with Crippen molar-refractivity contribution >= 4 is 11.0 Å². The molecule has 0 atom stereocenters. The van der Waals surface area contributed by atoms with E-state index in [1.807, 2.05) is 24.3 Å². The summed E-state index contributed by atoms with van der Waals surface area (Å²) in [5, 5.41) is 0.584. The van der Waals surface area contributed by atoms with Gasteiger partial charge in [-0.05, 0) is 24.3 Å². The Labute approximate surface area is 109 Å².